The summed E-state index contributed by atoms with van der Waals surface area (Å²) in [6, 6.07) is 13.3. The largest absolute Gasteiger partial charge is 0.417 e. The van der Waals surface area contributed by atoms with Crippen molar-refractivity contribution in [1.29, 1.82) is 0 Å². The molecule has 0 bridgehead atoms. The molecule has 0 saturated heterocycles. The first-order valence-electron chi connectivity index (χ1n) is 6.92. The minimum atomic E-state index is -4.73. The summed E-state index contributed by atoms with van der Waals surface area (Å²) in [5.41, 5.74) is -0.265. The van der Waals surface area contributed by atoms with Gasteiger partial charge in [0, 0.05) is 6.54 Å². The molecule has 0 saturated carbocycles. The van der Waals surface area contributed by atoms with Crippen LogP contribution in [-0.2, 0) is 16.2 Å². The van der Waals surface area contributed by atoms with Gasteiger partial charge in [-0.15, -0.1) is 0 Å². The molecule has 0 amide bonds. The van der Waals surface area contributed by atoms with Crippen molar-refractivity contribution in [3.63, 3.8) is 0 Å². The lowest BCUT2D eigenvalue weighted by Gasteiger charge is -2.16. The normalized spacial score (nSPS) is 13.7. The van der Waals surface area contributed by atoms with Crippen molar-refractivity contribution in [3.05, 3.63) is 65.7 Å². The molecular formula is C16H16F3NO2S. The summed E-state index contributed by atoms with van der Waals surface area (Å²) in [5, 5.41) is 0. The molecule has 2 aromatic carbocycles. The van der Waals surface area contributed by atoms with Crippen molar-refractivity contribution in [2.75, 3.05) is 6.54 Å². The third kappa shape index (κ3) is 4.33. The molecule has 0 heterocycles. The maximum absolute atomic E-state index is 13.0. The van der Waals surface area contributed by atoms with Crippen molar-refractivity contribution in [3.8, 4) is 0 Å². The smallest absolute Gasteiger partial charge is 0.211 e. The third-order valence-electron chi connectivity index (χ3n) is 3.43. The van der Waals surface area contributed by atoms with E-state index in [2.05, 4.69) is 4.72 Å². The lowest BCUT2D eigenvalue weighted by Crippen LogP contribution is -2.29. The average molecular weight is 343 g/mol. The zero-order valence-electron chi connectivity index (χ0n) is 12.3. The molecule has 0 aliphatic carbocycles. The van der Waals surface area contributed by atoms with E-state index in [9.17, 15) is 21.6 Å². The first-order valence-corrected chi connectivity index (χ1v) is 8.41. The molecule has 0 aliphatic heterocycles. The second-order valence-corrected chi connectivity index (χ2v) is 6.89. The van der Waals surface area contributed by atoms with Crippen LogP contribution in [0.3, 0.4) is 0 Å². The Balaban J connectivity index is 2.21. The predicted molar refractivity (Wildman–Crippen MR) is 81.5 cm³/mol. The maximum Gasteiger partial charge on any atom is 0.417 e. The van der Waals surface area contributed by atoms with E-state index in [1.54, 1.807) is 6.92 Å². The molecule has 0 unspecified atom stereocenters. The highest BCUT2D eigenvalue weighted by atomic mass is 32.2. The Bertz CT molecular complexity index is 758. The van der Waals surface area contributed by atoms with E-state index in [4.69, 9.17) is 0 Å². The number of hydrogen-bond acceptors (Lipinski definition) is 2. The molecule has 0 aromatic heterocycles. The summed E-state index contributed by atoms with van der Waals surface area (Å²) in [5.74, 6) is -0.163. The van der Waals surface area contributed by atoms with Crippen molar-refractivity contribution in [2.45, 2.75) is 23.9 Å². The highest BCUT2D eigenvalue weighted by Gasteiger charge is 2.36. The molecule has 0 fully saturated rings. The number of hydrogen-bond donors (Lipinski definition) is 1. The Labute approximate surface area is 133 Å². The van der Waals surface area contributed by atoms with E-state index in [0.29, 0.717) is 0 Å². The summed E-state index contributed by atoms with van der Waals surface area (Å²) in [7, 11) is -4.25. The number of sulfonamides is 1. The lowest BCUT2D eigenvalue weighted by molar-refractivity contribution is -0.139. The standard InChI is InChI=1S/C16H16F3NO2S/c1-12(13-7-3-2-4-8-13)11-20-23(21,22)15-10-6-5-9-14(15)16(17,18)19/h2-10,12,20H,11H2,1H3/t12-/m1/s1. The quantitative estimate of drug-likeness (QED) is 0.898. The summed E-state index contributed by atoms with van der Waals surface area (Å²) < 4.78 is 65.6. The van der Waals surface area contributed by atoms with E-state index < -0.39 is 26.7 Å². The first-order chi connectivity index (χ1) is 10.7. The van der Waals surface area contributed by atoms with Crippen molar-refractivity contribution in [2.24, 2.45) is 0 Å². The zero-order valence-corrected chi connectivity index (χ0v) is 13.2. The van der Waals surface area contributed by atoms with Crippen molar-refractivity contribution in [1.82, 2.24) is 4.72 Å². The molecule has 1 atom stereocenters. The molecular weight excluding hydrogens is 327 g/mol. The minimum absolute atomic E-state index is 0.0124. The topological polar surface area (TPSA) is 46.2 Å². The summed E-state index contributed by atoms with van der Waals surface area (Å²) >= 11 is 0. The fourth-order valence-corrected chi connectivity index (χ4v) is 3.50. The fraction of sp³-hybridized carbons (Fsp3) is 0.250. The van der Waals surface area contributed by atoms with Crippen molar-refractivity contribution < 1.29 is 21.6 Å². The van der Waals surface area contributed by atoms with Gasteiger partial charge in [-0.05, 0) is 23.6 Å². The molecule has 0 spiro atoms. The van der Waals surface area contributed by atoms with Gasteiger partial charge in [0.25, 0.3) is 0 Å². The number of halogens is 3. The van der Waals surface area contributed by atoms with E-state index in [0.717, 1.165) is 23.8 Å². The van der Waals surface area contributed by atoms with Gasteiger partial charge in [0.15, 0.2) is 0 Å². The predicted octanol–water partition coefficient (Wildman–Crippen LogP) is 3.79. The molecule has 23 heavy (non-hydrogen) atoms. The fourth-order valence-electron chi connectivity index (χ4n) is 2.15. The molecule has 124 valence electrons. The van der Waals surface area contributed by atoms with Gasteiger partial charge in [0.2, 0.25) is 10.0 Å². The third-order valence-corrected chi connectivity index (χ3v) is 4.91. The first kappa shape index (κ1) is 17.5. The number of rotatable bonds is 5. The molecule has 3 nitrogen and oxygen atoms in total. The number of benzene rings is 2. The summed E-state index contributed by atoms with van der Waals surface area (Å²) in [6.07, 6.45) is -4.73. The van der Waals surface area contributed by atoms with Gasteiger partial charge >= 0.3 is 6.18 Å². The van der Waals surface area contributed by atoms with Gasteiger partial charge in [-0.1, -0.05) is 49.4 Å². The van der Waals surface area contributed by atoms with Crippen LogP contribution in [0.15, 0.2) is 59.5 Å². The second kappa shape index (κ2) is 6.72. The van der Waals surface area contributed by atoms with Crippen LogP contribution in [0.5, 0.6) is 0 Å². The molecule has 2 aromatic rings. The lowest BCUT2D eigenvalue weighted by atomic mass is 10.0. The number of nitrogens with one attached hydrogen (secondary N) is 1. The Kier molecular flexibility index (Phi) is 5.11. The van der Waals surface area contributed by atoms with Crippen LogP contribution in [0.25, 0.3) is 0 Å². The summed E-state index contributed by atoms with van der Waals surface area (Å²) in [6.45, 7) is 1.81. The van der Waals surface area contributed by atoms with Crippen LogP contribution in [0, 0.1) is 0 Å². The molecule has 0 aliphatic rings. The minimum Gasteiger partial charge on any atom is -0.211 e. The summed E-state index contributed by atoms with van der Waals surface area (Å²) in [4.78, 5) is -0.757. The molecule has 1 N–H and O–H groups in total. The zero-order chi connectivity index (χ0) is 17.1. The van der Waals surface area contributed by atoms with Crippen molar-refractivity contribution >= 4 is 10.0 Å². The Morgan fingerprint density at radius 3 is 2.17 bits per heavy atom. The van der Waals surface area contributed by atoms with Gasteiger partial charge in [0.1, 0.15) is 0 Å². The van der Waals surface area contributed by atoms with E-state index in [-0.39, 0.29) is 12.5 Å². The van der Waals surface area contributed by atoms with E-state index >= 15 is 0 Å². The van der Waals surface area contributed by atoms with Gasteiger partial charge in [-0.3, -0.25) is 0 Å². The molecule has 2 rings (SSSR count). The van der Waals surface area contributed by atoms with Crippen LogP contribution < -0.4 is 4.72 Å². The van der Waals surface area contributed by atoms with Crippen LogP contribution in [-0.4, -0.2) is 15.0 Å². The molecule has 0 radical (unpaired) electrons. The van der Waals surface area contributed by atoms with Crippen LogP contribution in [0.4, 0.5) is 13.2 Å². The van der Waals surface area contributed by atoms with Gasteiger partial charge in [0.05, 0.1) is 10.5 Å². The maximum atomic E-state index is 13.0. The van der Waals surface area contributed by atoms with E-state index in [1.165, 1.54) is 6.07 Å². The number of alkyl halides is 3. The average Bonchev–Trinajstić information content (AvgIpc) is 2.53. The van der Waals surface area contributed by atoms with Crippen LogP contribution in [0.1, 0.15) is 24.0 Å². The SMILES string of the molecule is C[C@H](CNS(=O)(=O)c1ccccc1C(F)(F)F)c1ccccc1. The van der Waals surface area contributed by atoms with Gasteiger partial charge < -0.3 is 0 Å². The van der Waals surface area contributed by atoms with E-state index in [1.807, 2.05) is 30.3 Å². The van der Waals surface area contributed by atoms with Crippen LogP contribution in [0.2, 0.25) is 0 Å². The highest BCUT2D eigenvalue weighted by molar-refractivity contribution is 7.89. The second-order valence-electron chi connectivity index (χ2n) is 5.16. The van der Waals surface area contributed by atoms with Gasteiger partial charge in [-0.2, -0.15) is 13.2 Å². The van der Waals surface area contributed by atoms with Gasteiger partial charge in [-0.25, -0.2) is 13.1 Å². The van der Waals surface area contributed by atoms with Crippen LogP contribution >= 0.6 is 0 Å². The Morgan fingerprint density at radius 1 is 1.00 bits per heavy atom. The highest BCUT2D eigenvalue weighted by Crippen LogP contribution is 2.33. The Morgan fingerprint density at radius 2 is 1.57 bits per heavy atom. The molecule has 7 heteroatoms. The Hall–Kier alpha value is -1.86. The monoisotopic (exact) mass is 343 g/mol.